The van der Waals surface area contributed by atoms with Gasteiger partial charge in [-0.3, -0.25) is 0 Å². The summed E-state index contributed by atoms with van der Waals surface area (Å²) in [7, 11) is 0. The van der Waals surface area contributed by atoms with Gasteiger partial charge in [-0.2, -0.15) is 0 Å². The van der Waals surface area contributed by atoms with E-state index >= 15 is 0 Å². The highest BCUT2D eigenvalue weighted by atomic mass is 19.1. The summed E-state index contributed by atoms with van der Waals surface area (Å²) in [5.41, 5.74) is 0.529. The first kappa shape index (κ1) is 9.51. The number of carbonyl (C=O) groups excluding carboxylic acids is 1. The van der Waals surface area contributed by atoms with Gasteiger partial charge in [0, 0.05) is 0 Å². The number of carboxylic acid groups (broad SMARTS) is 1. The summed E-state index contributed by atoms with van der Waals surface area (Å²) < 4.78 is 16.8. The zero-order chi connectivity index (χ0) is 9.68. The molecule has 0 saturated heterocycles. The maximum absolute atomic E-state index is 12.0. The number of alkyl halides is 1. The molecule has 0 radical (unpaired) electrons. The minimum atomic E-state index is -1.28. The summed E-state index contributed by atoms with van der Waals surface area (Å²) in [6, 6.07) is 6.09. The molecule has 0 aliphatic carbocycles. The number of carboxylic acids is 1. The van der Waals surface area contributed by atoms with Gasteiger partial charge in [-0.15, -0.1) is 0 Å². The lowest BCUT2D eigenvalue weighted by Gasteiger charge is -2.06. The van der Waals surface area contributed by atoms with Gasteiger partial charge in [-0.05, 0) is 17.7 Å². The Hall–Kier alpha value is -1.58. The van der Waals surface area contributed by atoms with E-state index in [1.807, 2.05) is 0 Å². The molecule has 0 heterocycles. The number of halogens is 1. The van der Waals surface area contributed by atoms with Crippen LogP contribution >= 0.6 is 0 Å². The molecule has 0 N–H and O–H groups in total. The number of aliphatic carboxylic acids is 1. The van der Waals surface area contributed by atoms with Gasteiger partial charge < -0.3 is 14.6 Å². The second kappa shape index (κ2) is 4.45. The number of carbonyl (C=O) groups is 1. The molecule has 1 aromatic carbocycles. The minimum absolute atomic E-state index is 0.390. The first-order valence-electron chi connectivity index (χ1n) is 3.70. The average molecular weight is 183 g/mol. The lowest BCUT2D eigenvalue weighted by Crippen LogP contribution is -2.28. The van der Waals surface area contributed by atoms with Crippen LogP contribution in [0.1, 0.15) is 5.56 Å². The highest BCUT2D eigenvalue weighted by molar-refractivity contribution is 5.66. The summed E-state index contributed by atoms with van der Waals surface area (Å²) >= 11 is 0. The van der Waals surface area contributed by atoms with Crippen molar-refractivity contribution >= 4 is 5.97 Å². The van der Waals surface area contributed by atoms with Crippen molar-refractivity contribution in [3.05, 3.63) is 29.8 Å². The molecule has 0 atom stereocenters. The standard InChI is InChI=1S/C9H9FO3/c10-5-7-1-3-8(4-2-7)13-6-9(11)12/h1-4H,5-6H2,(H,11,12)/p-1. The first-order chi connectivity index (χ1) is 6.22. The molecule has 0 spiro atoms. The molecule has 0 amide bonds. The van der Waals surface area contributed by atoms with E-state index in [1.165, 1.54) is 24.3 Å². The Morgan fingerprint density at radius 3 is 2.46 bits per heavy atom. The highest BCUT2D eigenvalue weighted by Gasteiger charge is 1.94. The van der Waals surface area contributed by atoms with E-state index in [-0.39, 0.29) is 0 Å². The molecule has 4 heteroatoms. The van der Waals surface area contributed by atoms with Crippen LogP contribution in [0.3, 0.4) is 0 Å². The molecule has 0 fully saturated rings. The van der Waals surface area contributed by atoms with E-state index in [0.717, 1.165) is 0 Å². The summed E-state index contributed by atoms with van der Waals surface area (Å²) in [6.45, 7) is -1.03. The van der Waals surface area contributed by atoms with Crippen LogP contribution in [0.5, 0.6) is 5.75 Å². The third kappa shape index (κ3) is 3.11. The zero-order valence-corrected chi connectivity index (χ0v) is 6.83. The molecule has 0 aliphatic heterocycles. The largest absolute Gasteiger partial charge is 0.546 e. The van der Waals surface area contributed by atoms with Crippen molar-refractivity contribution in [2.45, 2.75) is 6.67 Å². The normalized spacial score (nSPS) is 9.62. The topological polar surface area (TPSA) is 49.4 Å². The summed E-state index contributed by atoms with van der Waals surface area (Å²) in [6.07, 6.45) is 0. The monoisotopic (exact) mass is 183 g/mol. The van der Waals surface area contributed by atoms with Crippen LogP contribution in [0.15, 0.2) is 24.3 Å². The van der Waals surface area contributed by atoms with Crippen LogP contribution in [0.4, 0.5) is 4.39 Å². The van der Waals surface area contributed by atoms with E-state index in [1.54, 1.807) is 0 Å². The van der Waals surface area contributed by atoms with Crippen molar-refractivity contribution in [1.29, 1.82) is 0 Å². The Balaban J connectivity index is 2.54. The van der Waals surface area contributed by atoms with E-state index in [2.05, 4.69) is 0 Å². The van der Waals surface area contributed by atoms with Gasteiger partial charge in [0.25, 0.3) is 0 Å². The molecule has 1 aromatic rings. The van der Waals surface area contributed by atoms with Crippen LogP contribution < -0.4 is 9.84 Å². The van der Waals surface area contributed by atoms with E-state index in [9.17, 15) is 14.3 Å². The van der Waals surface area contributed by atoms with E-state index in [0.29, 0.717) is 11.3 Å². The fourth-order valence-corrected chi connectivity index (χ4v) is 0.817. The van der Waals surface area contributed by atoms with E-state index < -0.39 is 19.3 Å². The van der Waals surface area contributed by atoms with Crippen LogP contribution in [0.2, 0.25) is 0 Å². The van der Waals surface area contributed by atoms with Crippen molar-refractivity contribution in [2.75, 3.05) is 6.61 Å². The molecule has 3 nitrogen and oxygen atoms in total. The Labute approximate surface area is 74.8 Å². The quantitative estimate of drug-likeness (QED) is 0.673. The second-order valence-electron chi connectivity index (χ2n) is 2.44. The van der Waals surface area contributed by atoms with Gasteiger partial charge in [0.05, 0.1) is 5.97 Å². The number of rotatable bonds is 4. The third-order valence-corrected chi connectivity index (χ3v) is 1.43. The SMILES string of the molecule is O=C([O-])COc1ccc(CF)cc1. The zero-order valence-electron chi connectivity index (χ0n) is 6.83. The molecule has 0 bridgehead atoms. The highest BCUT2D eigenvalue weighted by Crippen LogP contribution is 2.12. The number of benzene rings is 1. The lowest BCUT2D eigenvalue weighted by atomic mass is 10.2. The van der Waals surface area contributed by atoms with Crippen molar-refractivity contribution < 1.29 is 19.0 Å². The van der Waals surface area contributed by atoms with Gasteiger partial charge in [0.15, 0.2) is 0 Å². The predicted molar refractivity (Wildman–Crippen MR) is 41.8 cm³/mol. The van der Waals surface area contributed by atoms with Gasteiger partial charge in [-0.1, -0.05) is 12.1 Å². The maximum Gasteiger partial charge on any atom is 0.128 e. The van der Waals surface area contributed by atoms with Crippen LogP contribution in [-0.4, -0.2) is 12.6 Å². The molecule has 0 aromatic heterocycles. The summed E-state index contributed by atoms with van der Waals surface area (Å²) in [5.74, 6) is -0.893. The fourth-order valence-electron chi connectivity index (χ4n) is 0.817. The number of ether oxygens (including phenoxy) is 1. The van der Waals surface area contributed by atoms with E-state index in [4.69, 9.17) is 4.74 Å². The van der Waals surface area contributed by atoms with Crippen molar-refractivity contribution in [3.8, 4) is 5.75 Å². The number of hydrogen-bond donors (Lipinski definition) is 0. The Kier molecular flexibility index (Phi) is 3.25. The van der Waals surface area contributed by atoms with Gasteiger partial charge in [0.1, 0.15) is 19.0 Å². The van der Waals surface area contributed by atoms with Crippen molar-refractivity contribution in [2.24, 2.45) is 0 Å². The lowest BCUT2D eigenvalue weighted by molar-refractivity contribution is -0.307. The van der Waals surface area contributed by atoms with Crippen molar-refractivity contribution in [3.63, 3.8) is 0 Å². The van der Waals surface area contributed by atoms with Gasteiger partial charge in [-0.25, -0.2) is 4.39 Å². The third-order valence-electron chi connectivity index (χ3n) is 1.43. The van der Waals surface area contributed by atoms with Crippen LogP contribution in [0, 0.1) is 0 Å². The number of hydrogen-bond acceptors (Lipinski definition) is 3. The fraction of sp³-hybridized carbons (Fsp3) is 0.222. The molecule has 70 valence electrons. The summed E-state index contributed by atoms with van der Waals surface area (Å²) in [4.78, 5) is 10.00. The van der Waals surface area contributed by atoms with Crippen molar-refractivity contribution in [1.82, 2.24) is 0 Å². The average Bonchev–Trinajstić information content (AvgIpc) is 2.15. The van der Waals surface area contributed by atoms with Gasteiger partial charge >= 0.3 is 0 Å². The maximum atomic E-state index is 12.0. The predicted octanol–water partition coefficient (Wildman–Crippen LogP) is 0.285. The Morgan fingerprint density at radius 1 is 1.38 bits per heavy atom. The smallest absolute Gasteiger partial charge is 0.128 e. The Bertz CT molecular complexity index is 281. The minimum Gasteiger partial charge on any atom is -0.546 e. The molecule has 0 unspecified atom stereocenters. The van der Waals surface area contributed by atoms with Crippen LogP contribution in [0.25, 0.3) is 0 Å². The second-order valence-corrected chi connectivity index (χ2v) is 2.44. The summed E-state index contributed by atoms with van der Waals surface area (Å²) in [5, 5.41) is 10.00. The molecule has 1 rings (SSSR count). The van der Waals surface area contributed by atoms with Gasteiger partial charge in [0.2, 0.25) is 0 Å². The first-order valence-corrected chi connectivity index (χ1v) is 3.70. The molecule has 13 heavy (non-hydrogen) atoms. The molecular weight excluding hydrogens is 175 g/mol. The molecule has 0 saturated carbocycles. The van der Waals surface area contributed by atoms with Crippen LogP contribution in [-0.2, 0) is 11.5 Å². The Morgan fingerprint density at radius 2 is 2.00 bits per heavy atom. The molecular formula is C9H8FO3-. The molecule has 0 aliphatic rings.